The predicted octanol–water partition coefficient (Wildman–Crippen LogP) is 2.21. The highest BCUT2D eigenvalue weighted by Gasteiger charge is 2.18. The quantitative estimate of drug-likeness (QED) is 0.422. The van der Waals surface area contributed by atoms with Gasteiger partial charge in [-0.2, -0.15) is 9.61 Å². The third-order valence-electron chi connectivity index (χ3n) is 5.20. The van der Waals surface area contributed by atoms with Crippen LogP contribution < -0.4 is 11.0 Å². The van der Waals surface area contributed by atoms with E-state index in [0.29, 0.717) is 29.0 Å². The van der Waals surface area contributed by atoms with Crippen molar-refractivity contribution in [3.63, 3.8) is 0 Å². The van der Waals surface area contributed by atoms with E-state index >= 15 is 0 Å². The molecule has 32 heavy (non-hydrogen) atoms. The molecular formula is C21H23FN6O4. The average Bonchev–Trinajstić information content (AvgIpc) is 3.27. The normalized spacial score (nSPS) is 12.4. The number of esters is 1. The molecule has 3 heterocycles. The number of hydrogen-bond acceptors (Lipinski definition) is 7. The zero-order valence-corrected chi connectivity index (χ0v) is 17.9. The molecule has 0 saturated heterocycles. The molecule has 0 aliphatic rings. The van der Waals surface area contributed by atoms with E-state index in [4.69, 9.17) is 4.74 Å². The van der Waals surface area contributed by atoms with E-state index in [1.165, 1.54) is 19.7 Å². The number of aryl methyl sites for hydroxylation is 1. The average molecular weight is 442 g/mol. The molecule has 4 aromatic rings. The highest BCUT2D eigenvalue weighted by molar-refractivity contribution is 5.89. The molecule has 0 spiro atoms. The molecule has 0 aliphatic heterocycles. The number of carbonyl (C=O) groups is 1. The van der Waals surface area contributed by atoms with Crippen LogP contribution in [0, 0.1) is 5.82 Å². The Labute approximate surface area is 181 Å². The summed E-state index contributed by atoms with van der Waals surface area (Å²) in [6, 6.07) is 6.68. The van der Waals surface area contributed by atoms with Gasteiger partial charge in [-0.05, 0) is 31.5 Å². The number of benzene rings is 1. The highest BCUT2D eigenvalue weighted by atomic mass is 19.1. The molecule has 1 unspecified atom stereocenters. The molecule has 0 aliphatic carbocycles. The summed E-state index contributed by atoms with van der Waals surface area (Å²) in [5.41, 5.74) is 1.46. The first kappa shape index (κ1) is 21.5. The van der Waals surface area contributed by atoms with Gasteiger partial charge in [0.05, 0.1) is 36.5 Å². The second-order valence-electron chi connectivity index (χ2n) is 7.32. The van der Waals surface area contributed by atoms with E-state index in [9.17, 15) is 19.1 Å². The summed E-state index contributed by atoms with van der Waals surface area (Å²) in [4.78, 5) is 28.8. The fourth-order valence-electron chi connectivity index (χ4n) is 3.49. The van der Waals surface area contributed by atoms with Crippen molar-refractivity contribution in [2.75, 3.05) is 11.9 Å². The van der Waals surface area contributed by atoms with Crippen molar-refractivity contribution >= 4 is 34.2 Å². The van der Waals surface area contributed by atoms with E-state index in [1.54, 1.807) is 32.2 Å². The number of rotatable bonds is 7. The van der Waals surface area contributed by atoms with Crippen LogP contribution in [-0.4, -0.2) is 47.5 Å². The second-order valence-corrected chi connectivity index (χ2v) is 7.32. The molecular weight excluding hydrogens is 419 g/mol. The number of nitrogens with zero attached hydrogens (tertiary/aromatic N) is 5. The van der Waals surface area contributed by atoms with Crippen LogP contribution in [0.3, 0.4) is 0 Å². The molecule has 0 fully saturated rings. The number of halogens is 1. The number of anilines is 2. The van der Waals surface area contributed by atoms with Crippen LogP contribution in [0.5, 0.6) is 0 Å². The fourth-order valence-corrected chi connectivity index (χ4v) is 3.49. The zero-order chi connectivity index (χ0) is 23.0. The minimum atomic E-state index is -0.681. The van der Waals surface area contributed by atoms with Crippen LogP contribution in [-0.2, 0) is 18.3 Å². The molecule has 0 amide bonds. The van der Waals surface area contributed by atoms with E-state index in [0.717, 1.165) is 6.20 Å². The third-order valence-corrected chi connectivity index (χ3v) is 5.20. The van der Waals surface area contributed by atoms with Gasteiger partial charge in [0.15, 0.2) is 17.2 Å². The monoisotopic (exact) mass is 442 g/mol. The van der Waals surface area contributed by atoms with Crippen molar-refractivity contribution in [2.45, 2.75) is 32.9 Å². The summed E-state index contributed by atoms with van der Waals surface area (Å²) in [6.07, 6.45) is 0.859. The van der Waals surface area contributed by atoms with Gasteiger partial charge in [-0.1, -0.05) is 6.92 Å². The van der Waals surface area contributed by atoms with Gasteiger partial charge in [-0.15, -0.1) is 0 Å². The number of aliphatic hydroxyl groups is 1. The van der Waals surface area contributed by atoms with Crippen LogP contribution in [0.2, 0.25) is 0 Å². The van der Waals surface area contributed by atoms with Crippen molar-refractivity contribution in [3.05, 3.63) is 52.5 Å². The minimum Gasteiger partial charge on any atom is -0.461 e. The Balaban J connectivity index is 1.80. The van der Waals surface area contributed by atoms with E-state index in [-0.39, 0.29) is 30.2 Å². The Hall–Kier alpha value is -3.73. The van der Waals surface area contributed by atoms with Crippen LogP contribution >= 0.6 is 0 Å². The molecule has 1 atom stereocenters. The van der Waals surface area contributed by atoms with Gasteiger partial charge in [0.25, 0.3) is 0 Å². The molecule has 168 valence electrons. The van der Waals surface area contributed by atoms with Crippen molar-refractivity contribution in [1.82, 2.24) is 23.7 Å². The molecule has 3 aromatic heterocycles. The molecule has 0 radical (unpaired) electrons. The standard InChI is InChI=1S/C21H23FN6O4/c1-4-13(29)11-27-17-8-12(6-7-16(17)26(3)21(27)31)24-18-9-15(20(30)32-5-2)25-19-14(22)10-23-28(18)19/h6-10,13,24,29H,4-5,11H2,1-3H3. The Bertz CT molecular complexity index is 1370. The maximum absolute atomic E-state index is 14.2. The predicted molar refractivity (Wildman–Crippen MR) is 116 cm³/mol. The van der Waals surface area contributed by atoms with E-state index in [2.05, 4.69) is 15.4 Å². The smallest absolute Gasteiger partial charge is 0.357 e. The van der Waals surface area contributed by atoms with Gasteiger partial charge >= 0.3 is 11.7 Å². The van der Waals surface area contributed by atoms with Crippen LogP contribution in [0.15, 0.2) is 35.3 Å². The Morgan fingerprint density at radius 2 is 2.06 bits per heavy atom. The Morgan fingerprint density at radius 1 is 1.28 bits per heavy atom. The SMILES string of the molecule is CCOC(=O)c1cc(Nc2ccc3c(c2)n(CC(O)CC)c(=O)n3C)n2ncc(F)c2n1. The van der Waals surface area contributed by atoms with Crippen molar-refractivity contribution in [1.29, 1.82) is 0 Å². The fraction of sp³-hybridized carbons (Fsp3) is 0.333. The molecule has 10 nitrogen and oxygen atoms in total. The first-order valence-corrected chi connectivity index (χ1v) is 10.2. The van der Waals surface area contributed by atoms with Gasteiger partial charge in [0.1, 0.15) is 5.82 Å². The summed E-state index contributed by atoms with van der Waals surface area (Å²) in [7, 11) is 1.66. The number of nitrogens with one attached hydrogen (secondary N) is 1. The number of ether oxygens (including phenoxy) is 1. The van der Waals surface area contributed by atoms with E-state index in [1.807, 2.05) is 6.92 Å². The molecule has 0 bridgehead atoms. The van der Waals surface area contributed by atoms with Gasteiger partial charge in [-0.25, -0.2) is 19.0 Å². The summed E-state index contributed by atoms with van der Waals surface area (Å²) in [5, 5.41) is 17.2. The number of carbonyl (C=O) groups excluding carboxylic acids is 1. The summed E-state index contributed by atoms with van der Waals surface area (Å²) >= 11 is 0. The van der Waals surface area contributed by atoms with Crippen molar-refractivity contribution < 1.29 is 19.0 Å². The number of hydrogen-bond donors (Lipinski definition) is 2. The lowest BCUT2D eigenvalue weighted by Gasteiger charge is -2.12. The van der Waals surface area contributed by atoms with Gasteiger partial charge in [-0.3, -0.25) is 9.13 Å². The largest absolute Gasteiger partial charge is 0.461 e. The third kappa shape index (κ3) is 3.71. The van der Waals surface area contributed by atoms with Crippen LogP contribution in [0.25, 0.3) is 16.7 Å². The highest BCUT2D eigenvalue weighted by Crippen LogP contribution is 2.24. The van der Waals surface area contributed by atoms with Crippen LogP contribution in [0.1, 0.15) is 30.8 Å². The lowest BCUT2D eigenvalue weighted by Crippen LogP contribution is -2.27. The van der Waals surface area contributed by atoms with Crippen molar-refractivity contribution in [3.8, 4) is 0 Å². The molecule has 11 heteroatoms. The Morgan fingerprint density at radius 3 is 2.78 bits per heavy atom. The first-order chi connectivity index (χ1) is 15.3. The molecule has 4 rings (SSSR count). The molecule has 0 saturated carbocycles. The van der Waals surface area contributed by atoms with Crippen LogP contribution in [0.4, 0.5) is 15.9 Å². The van der Waals surface area contributed by atoms with Gasteiger partial charge < -0.3 is 15.2 Å². The first-order valence-electron chi connectivity index (χ1n) is 10.2. The number of aromatic nitrogens is 5. The summed E-state index contributed by atoms with van der Waals surface area (Å²) in [5.74, 6) is -1.07. The Kier molecular flexibility index (Phi) is 5.66. The number of imidazole rings is 1. The lowest BCUT2D eigenvalue weighted by molar-refractivity contribution is 0.0519. The van der Waals surface area contributed by atoms with E-state index < -0.39 is 17.9 Å². The summed E-state index contributed by atoms with van der Waals surface area (Å²) < 4.78 is 23.4. The number of fused-ring (bicyclic) bond motifs is 2. The minimum absolute atomic E-state index is 0.0648. The second kappa shape index (κ2) is 8.42. The molecule has 2 N–H and O–H groups in total. The lowest BCUT2D eigenvalue weighted by atomic mass is 10.2. The maximum atomic E-state index is 14.2. The topological polar surface area (TPSA) is 116 Å². The summed E-state index contributed by atoms with van der Waals surface area (Å²) in [6.45, 7) is 3.82. The molecule has 1 aromatic carbocycles. The zero-order valence-electron chi connectivity index (χ0n) is 17.9. The number of aliphatic hydroxyl groups excluding tert-OH is 1. The van der Waals surface area contributed by atoms with Gasteiger partial charge in [0.2, 0.25) is 0 Å². The van der Waals surface area contributed by atoms with Crippen molar-refractivity contribution in [2.24, 2.45) is 7.05 Å². The van der Waals surface area contributed by atoms with Gasteiger partial charge in [0, 0.05) is 18.8 Å². The maximum Gasteiger partial charge on any atom is 0.357 e.